The molecule has 2 N–H and O–H groups in total. The summed E-state index contributed by atoms with van der Waals surface area (Å²) < 4.78 is 26.9. The quantitative estimate of drug-likeness (QED) is 0.536. The van der Waals surface area contributed by atoms with Crippen LogP contribution in [0.5, 0.6) is 5.75 Å². The molecule has 0 aliphatic rings. The molecule has 1 heterocycles. The van der Waals surface area contributed by atoms with Gasteiger partial charge in [-0.15, -0.1) is 10.2 Å². The van der Waals surface area contributed by atoms with Crippen LogP contribution in [-0.2, 0) is 27.4 Å². The molecule has 0 aliphatic heterocycles. The Balaban J connectivity index is 1.68. The van der Waals surface area contributed by atoms with Crippen LogP contribution in [0.15, 0.2) is 58.6 Å². The van der Waals surface area contributed by atoms with Gasteiger partial charge < -0.3 is 15.0 Å². The predicted octanol–water partition coefficient (Wildman–Crippen LogP) is 2.92. The Morgan fingerprint density at radius 2 is 1.90 bits per heavy atom. The number of aryl methyl sites for hydroxylation is 1. The lowest BCUT2D eigenvalue weighted by atomic mass is 10.2. The van der Waals surface area contributed by atoms with Crippen molar-refractivity contribution in [2.75, 3.05) is 5.32 Å². The smallest absolute Gasteiger partial charge is 0.237 e. The van der Waals surface area contributed by atoms with Crippen molar-refractivity contribution in [1.82, 2.24) is 14.8 Å². The zero-order valence-electron chi connectivity index (χ0n) is 16.7. The van der Waals surface area contributed by atoms with Crippen molar-refractivity contribution in [2.45, 2.75) is 34.9 Å². The number of rotatable bonds is 7. The van der Waals surface area contributed by atoms with Gasteiger partial charge in [0.1, 0.15) is 17.3 Å². The number of hydrogen-bond acceptors (Lipinski definition) is 7. The maximum Gasteiger partial charge on any atom is 0.237 e. The summed E-state index contributed by atoms with van der Waals surface area (Å²) in [6.07, 6.45) is 0. The third-order valence-electron chi connectivity index (χ3n) is 4.39. The van der Waals surface area contributed by atoms with E-state index in [-0.39, 0.29) is 22.3 Å². The van der Waals surface area contributed by atoms with E-state index < -0.39 is 15.1 Å². The number of aromatic nitrogens is 3. The van der Waals surface area contributed by atoms with Crippen LogP contribution in [0.3, 0.4) is 0 Å². The van der Waals surface area contributed by atoms with E-state index in [2.05, 4.69) is 15.5 Å². The SMILES string of the molecule is Cc1ccc(S(=O)(=O)Cc2nnc(SC(C)C(=O)Nc3cccc(O)c3)n2C)cc1. The van der Waals surface area contributed by atoms with Crippen molar-refractivity contribution in [3.05, 3.63) is 59.9 Å². The molecule has 3 aromatic rings. The number of nitrogens with one attached hydrogen (secondary N) is 1. The zero-order valence-corrected chi connectivity index (χ0v) is 18.4. The summed E-state index contributed by atoms with van der Waals surface area (Å²) in [7, 11) is -1.90. The van der Waals surface area contributed by atoms with Crippen LogP contribution in [0.4, 0.5) is 5.69 Å². The molecule has 158 valence electrons. The molecule has 10 heteroatoms. The van der Waals surface area contributed by atoms with Gasteiger partial charge >= 0.3 is 0 Å². The van der Waals surface area contributed by atoms with E-state index in [4.69, 9.17) is 0 Å². The largest absolute Gasteiger partial charge is 0.508 e. The highest BCUT2D eigenvalue weighted by molar-refractivity contribution is 8.00. The van der Waals surface area contributed by atoms with Crippen molar-refractivity contribution in [2.24, 2.45) is 7.05 Å². The number of nitrogens with zero attached hydrogens (tertiary/aromatic N) is 3. The molecule has 8 nitrogen and oxygen atoms in total. The van der Waals surface area contributed by atoms with Gasteiger partial charge in [0.2, 0.25) is 5.91 Å². The lowest BCUT2D eigenvalue weighted by Gasteiger charge is -2.12. The number of phenolic OH excluding ortho intramolecular Hbond substituents is 1. The number of carbonyl (C=O) groups excluding carboxylic acids is 1. The fraction of sp³-hybridized carbons (Fsp3) is 0.250. The van der Waals surface area contributed by atoms with Crippen LogP contribution in [0.2, 0.25) is 0 Å². The molecule has 0 fully saturated rings. The van der Waals surface area contributed by atoms with Crippen LogP contribution in [0.25, 0.3) is 0 Å². The molecular formula is C20H22N4O4S2. The van der Waals surface area contributed by atoms with Crippen molar-refractivity contribution >= 4 is 33.2 Å². The molecule has 0 aliphatic carbocycles. The second kappa shape index (κ2) is 8.88. The van der Waals surface area contributed by atoms with Crippen LogP contribution in [0, 0.1) is 6.92 Å². The Kier molecular flexibility index (Phi) is 6.47. The van der Waals surface area contributed by atoms with Crippen LogP contribution < -0.4 is 5.32 Å². The van der Waals surface area contributed by atoms with Crippen LogP contribution in [0.1, 0.15) is 18.3 Å². The number of sulfone groups is 1. The van der Waals surface area contributed by atoms with Gasteiger partial charge in [0.05, 0.1) is 10.1 Å². The number of benzene rings is 2. The van der Waals surface area contributed by atoms with E-state index >= 15 is 0 Å². The minimum Gasteiger partial charge on any atom is -0.508 e. The third-order valence-corrected chi connectivity index (χ3v) is 7.15. The molecule has 2 aromatic carbocycles. The number of aromatic hydroxyl groups is 1. The number of phenols is 1. The fourth-order valence-corrected chi connectivity index (χ4v) is 4.75. The highest BCUT2D eigenvalue weighted by Gasteiger charge is 2.23. The van der Waals surface area contributed by atoms with Gasteiger partial charge in [-0.3, -0.25) is 4.79 Å². The summed E-state index contributed by atoms with van der Waals surface area (Å²) in [5, 5.41) is 20.2. The van der Waals surface area contributed by atoms with E-state index in [0.717, 1.165) is 5.56 Å². The lowest BCUT2D eigenvalue weighted by Crippen LogP contribution is -2.22. The number of hydrogen-bond donors (Lipinski definition) is 2. The third kappa shape index (κ3) is 5.19. The first-order valence-corrected chi connectivity index (χ1v) is 11.6. The van der Waals surface area contributed by atoms with E-state index in [0.29, 0.717) is 16.7 Å². The van der Waals surface area contributed by atoms with Crippen molar-refractivity contribution in [1.29, 1.82) is 0 Å². The van der Waals surface area contributed by atoms with Crippen molar-refractivity contribution in [3.8, 4) is 5.75 Å². The molecule has 0 radical (unpaired) electrons. The molecule has 1 amide bonds. The molecule has 30 heavy (non-hydrogen) atoms. The molecule has 1 aromatic heterocycles. The number of amides is 1. The van der Waals surface area contributed by atoms with Crippen molar-refractivity contribution in [3.63, 3.8) is 0 Å². The van der Waals surface area contributed by atoms with Gasteiger partial charge in [0.25, 0.3) is 0 Å². The summed E-state index contributed by atoms with van der Waals surface area (Å²) in [6.45, 7) is 3.60. The highest BCUT2D eigenvalue weighted by atomic mass is 32.2. The topological polar surface area (TPSA) is 114 Å². The van der Waals surface area contributed by atoms with Gasteiger partial charge in [-0.25, -0.2) is 8.42 Å². The molecule has 0 saturated carbocycles. The molecule has 0 spiro atoms. The Labute approximate surface area is 179 Å². The van der Waals surface area contributed by atoms with E-state index in [1.165, 1.54) is 23.9 Å². The van der Waals surface area contributed by atoms with E-state index in [1.807, 2.05) is 6.92 Å². The van der Waals surface area contributed by atoms with Gasteiger partial charge in [0.15, 0.2) is 15.0 Å². The van der Waals surface area contributed by atoms with Crippen LogP contribution in [-0.4, -0.2) is 39.4 Å². The Morgan fingerprint density at radius 1 is 1.20 bits per heavy atom. The molecular weight excluding hydrogens is 424 g/mol. The Bertz CT molecular complexity index is 1160. The minimum absolute atomic E-state index is 0.0563. The van der Waals surface area contributed by atoms with Gasteiger partial charge in [0, 0.05) is 18.8 Å². The fourth-order valence-electron chi connectivity index (χ4n) is 2.61. The maximum atomic E-state index is 12.7. The standard InChI is InChI=1S/C20H22N4O4S2/c1-13-7-9-17(10-8-13)30(27,28)12-18-22-23-20(24(18)3)29-14(2)19(26)21-15-5-4-6-16(25)11-15/h4-11,14,25H,12H2,1-3H3,(H,21,26). The number of carbonyl (C=O) groups is 1. The van der Waals surface area contributed by atoms with Crippen molar-refractivity contribution < 1.29 is 18.3 Å². The molecule has 3 rings (SSSR count). The summed E-state index contributed by atoms with van der Waals surface area (Å²) in [5.41, 5.74) is 1.46. The van der Waals surface area contributed by atoms with E-state index in [1.54, 1.807) is 54.9 Å². The monoisotopic (exact) mass is 446 g/mol. The van der Waals surface area contributed by atoms with Crippen LogP contribution >= 0.6 is 11.8 Å². The second-order valence-electron chi connectivity index (χ2n) is 6.83. The Morgan fingerprint density at radius 3 is 2.57 bits per heavy atom. The first kappa shape index (κ1) is 21.8. The molecule has 1 atom stereocenters. The average Bonchev–Trinajstić information content (AvgIpc) is 3.01. The van der Waals surface area contributed by atoms with Gasteiger partial charge in [-0.05, 0) is 38.1 Å². The second-order valence-corrected chi connectivity index (χ2v) is 10.1. The molecule has 0 saturated heterocycles. The summed E-state index contributed by atoms with van der Waals surface area (Å²) in [4.78, 5) is 12.6. The zero-order chi connectivity index (χ0) is 21.9. The Hall–Kier alpha value is -2.85. The lowest BCUT2D eigenvalue weighted by molar-refractivity contribution is -0.115. The number of thioether (sulfide) groups is 1. The normalized spacial score (nSPS) is 12.5. The molecule has 1 unspecified atom stereocenters. The number of anilines is 1. The minimum atomic E-state index is -3.56. The first-order valence-electron chi connectivity index (χ1n) is 9.10. The summed E-state index contributed by atoms with van der Waals surface area (Å²) >= 11 is 1.17. The maximum absolute atomic E-state index is 12.7. The first-order chi connectivity index (χ1) is 14.2. The predicted molar refractivity (Wildman–Crippen MR) is 115 cm³/mol. The summed E-state index contributed by atoms with van der Waals surface area (Å²) in [5.74, 6) is -0.216. The summed E-state index contributed by atoms with van der Waals surface area (Å²) in [6, 6.07) is 12.9. The van der Waals surface area contributed by atoms with Gasteiger partial charge in [-0.2, -0.15) is 0 Å². The van der Waals surface area contributed by atoms with Gasteiger partial charge in [-0.1, -0.05) is 35.5 Å². The highest BCUT2D eigenvalue weighted by Crippen LogP contribution is 2.25. The average molecular weight is 447 g/mol. The van der Waals surface area contributed by atoms with E-state index in [9.17, 15) is 18.3 Å². The molecule has 0 bridgehead atoms.